The van der Waals surface area contributed by atoms with Gasteiger partial charge in [-0.25, -0.2) is 4.68 Å². The van der Waals surface area contributed by atoms with Crippen LogP contribution in [0.25, 0.3) is 0 Å². The van der Waals surface area contributed by atoms with Gasteiger partial charge in [-0.3, -0.25) is 14.4 Å². The van der Waals surface area contributed by atoms with E-state index in [1.54, 1.807) is 4.90 Å². The number of carbonyl (C=O) groups excluding carboxylic acids is 2. The van der Waals surface area contributed by atoms with Gasteiger partial charge >= 0.3 is 0 Å². The van der Waals surface area contributed by atoms with Crippen molar-refractivity contribution in [2.24, 2.45) is 0 Å². The molecule has 1 fully saturated rings. The molecule has 0 bridgehead atoms. The topological polar surface area (TPSA) is 72.3 Å². The largest absolute Gasteiger partial charge is 0.334 e. The SMILES string of the molecule is O=C(C[C@H]1CCCCCN1C(=O)c1ccc(=O)n(Cc2ccccc2)n1)c1ccccc1. The van der Waals surface area contributed by atoms with E-state index in [2.05, 4.69) is 5.10 Å². The third kappa shape index (κ3) is 5.19. The number of aromatic nitrogens is 2. The van der Waals surface area contributed by atoms with Gasteiger partial charge in [0, 0.05) is 30.6 Å². The van der Waals surface area contributed by atoms with E-state index in [4.69, 9.17) is 0 Å². The minimum Gasteiger partial charge on any atom is -0.334 e. The molecule has 0 spiro atoms. The zero-order chi connectivity index (χ0) is 22.3. The molecule has 0 saturated carbocycles. The van der Waals surface area contributed by atoms with Gasteiger partial charge < -0.3 is 4.90 Å². The third-order valence-electron chi connectivity index (χ3n) is 5.92. The lowest BCUT2D eigenvalue weighted by Crippen LogP contribution is -2.42. The quantitative estimate of drug-likeness (QED) is 0.556. The van der Waals surface area contributed by atoms with Crippen molar-refractivity contribution in [3.8, 4) is 0 Å². The summed E-state index contributed by atoms with van der Waals surface area (Å²) in [5.74, 6) is -0.183. The van der Waals surface area contributed by atoms with E-state index in [1.165, 1.54) is 16.8 Å². The highest BCUT2D eigenvalue weighted by atomic mass is 16.2. The molecule has 4 rings (SSSR count). The standard InChI is InChI=1S/C26H27N3O3/c30-24(21-12-6-2-7-13-21)18-22-14-8-3-9-17-28(22)26(32)23-15-16-25(31)29(27-23)19-20-10-4-1-5-11-20/h1-2,4-7,10-13,15-16,22H,3,8-9,14,17-19H2/t22-/m1/s1. The van der Waals surface area contributed by atoms with Crippen LogP contribution in [0, 0.1) is 0 Å². The minimum atomic E-state index is -0.253. The van der Waals surface area contributed by atoms with Crippen molar-refractivity contribution in [3.63, 3.8) is 0 Å². The molecule has 0 unspecified atom stereocenters. The Labute approximate surface area is 187 Å². The molecule has 6 nitrogen and oxygen atoms in total. The predicted molar refractivity (Wildman–Crippen MR) is 123 cm³/mol. The Kier molecular flexibility index (Phi) is 6.90. The first kappa shape index (κ1) is 21.7. The van der Waals surface area contributed by atoms with Crippen LogP contribution < -0.4 is 5.56 Å². The lowest BCUT2D eigenvalue weighted by Gasteiger charge is -2.29. The van der Waals surface area contributed by atoms with Crippen molar-refractivity contribution in [2.45, 2.75) is 44.7 Å². The summed E-state index contributed by atoms with van der Waals surface area (Å²) in [5.41, 5.74) is 1.59. The summed E-state index contributed by atoms with van der Waals surface area (Å²) in [5, 5.41) is 4.37. The summed E-state index contributed by atoms with van der Waals surface area (Å²) in [4.78, 5) is 40.4. The van der Waals surface area contributed by atoms with E-state index >= 15 is 0 Å². The smallest absolute Gasteiger partial charge is 0.274 e. The molecule has 164 valence electrons. The average molecular weight is 430 g/mol. The Balaban J connectivity index is 1.56. The van der Waals surface area contributed by atoms with Crippen molar-refractivity contribution in [2.75, 3.05) is 6.54 Å². The average Bonchev–Trinajstić information content (AvgIpc) is 3.06. The van der Waals surface area contributed by atoms with Crippen LogP contribution >= 0.6 is 0 Å². The van der Waals surface area contributed by atoms with Gasteiger partial charge in [0.2, 0.25) is 0 Å². The summed E-state index contributed by atoms with van der Waals surface area (Å²) < 4.78 is 1.32. The molecule has 2 heterocycles. The molecule has 6 heteroatoms. The zero-order valence-electron chi connectivity index (χ0n) is 18.0. The van der Waals surface area contributed by atoms with Crippen LogP contribution in [0.15, 0.2) is 77.6 Å². The molecule has 0 aliphatic carbocycles. The number of benzene rings is 2. The maximum Gasteiger partial charge on any atom is 0.274 e. The van der Waals surface area contributed by atoms with Crippen molar-refractivity contribution in [1.29, 1.82) is 0 Å². The molecule has 0 radical (unpaired) electrons. The van der Waals surface area contributed by atoms with Crippen LogP contribution in [0.3, 0.4) is 0 Å². The van der Waals surface area contributed by atoms with Crippen LogP contribution in [-0.4, -0.2) is 39.0 Å². The number of ketones is 1. The Morgan fingerprint density at radius 2 is 1.59 bits per heavy atom. The number of rotatable bonds is 6. The molecule has 0 N–H and O–H groups in total. The van der Waals surface area contributed by atoms with Crippen molar-refractivity contribution < 1.29 is 9.59 Å². The number of hydrogen-bond donors (Lipinski definition) is 0. The summed E-state index contributed by atoms with van der Waals surface area (Å²) in [7, 11) is 0. The molecule has 1 aliphatic heterocycles. The highest BCUT2D eigenvalue weighted by Gasteiger charge is 2.29. The van der Waals surface area contributed by atoms with Gasteiger partial charge in [-0.05, 0) is 24.5 Å². The number of amides is 1. The molecule has 32 heavy (non-hydrogen) atoms. The number of Topliss-reactive ketones (excluding diaryl/α,β-unsaturated/α-hetero) is 1. The number of nitrogens with zero attached hydrogens (tertiary/aromatic N) is 3. The number of hydrogen-bond acceptors (Lipinski definition) is 4. The molecular weight excluding hydrogens is 402 g/mol. The maximum atomic E-state index is 13.4. The summed E-state index contributed by atoms with van der Waals surface area (Å²) >= 11 is 0. The maximum absolute atomic E-state index is 13.4. The van der Waals surface area contributed by atoms with Crippen LogP contribution in [0.5, 0.6) is 0 Å². The van der Waals surface area contributed by atoms with Gasteiger partial charge in [0.15, 0.2) is 5.78 Å². The molecule has 1 atom stereocenters. The first-order chi connectivity index (χ1) is 15.6. The second-order valence-electron chi connectivity index (χ2n) is 8.20. The van der Waals surface area contributed by atoms with Gasteiger partial charge in [-0.15, -0.1) is 0 Å². The second-order valence-corrected chi connectivity index (χ2v) is 8.20. The fourth-order valence-electron chi connectivity index (χ4n) is 4.19. The molecule has 3 aromatic rings. The Morgan fingerprint density at radius 1 is 0.875 bits per heavy atom. The minimum absolute atomic E-state index is 0.0392. The Bertz CT molecular complexity index is 1130. The first-order valence-corrected chi connectivity index (χ1v) is 11.1. The molecule has 1 aliphatic rings. The lowest BCUT2D eigenvalue weighted by molar-refractivity contribution is 0.0651. The van der Waals surface area contributed by atoms with Crippen LogP contribution in [0.2, 0.25) is 0 Å². The summed E-state index contributed by atoms with van der Waals surface area (Å²) in [6, 6.07) is 21.5. The number of carbonyl (C=O) groups is 2. The van der Waals surface area contributed by atoms with Crippen molar-refractivity contribution in [1.82, 2.24) is 14.7 Å². The predicted octanol–water partition coefficient (Wildman–Crippen LogP) is 3.95. The van der Waals surface area contributed by atoms with Crippen molar-refractivity contribution in [3.05, 3.63) is 100.0 Å². The van der Waals surface area contributed by atoms with E-state index in [-0.39, 0.29) is 29.0 Å². The van der Waals surface area contributed by atoms with Crippen LogP contribution in [0.1, 0.15) is 58.5 Å². The first-order valence-electron chi connectivity index (χ1n) is 11.1. The van der Waals surface area contributed by atoms with Crippen molar-refractivity contribution >= 4 is 11.7 Å². The third-order valence-corrected chi connectivity index (χ3v) is 5.92. The molecule has 1 aromatic heterocycles. The highest BCUT2D eigenvalue weighted by Crippen LogP contribution is 2.22. The van der Waals surface area contributed by atoms with E-state index in [0.717, 1.165) is 31.2 Å². The highest BCUT2D eigenvalue weighted by molar-refractivity contribution is 5.97. The van der Waals surface area contributed by atoms with Gasteiger partial charge in [-0.2, -0.15) is 5.10 Å². The normalized spacial score (nSPS) is 16.4. The zero-order valence-corrected chi connectivity index (χ0v) is 18.0. The van der Waals surface area contributed by atoms with Gasteiger partial charge in [-0.1, -0.05) is 73.5 Å². The molecule has 1 amide bonds. The van der Waals surface area contributed by atoms with Crippen LogP contribution in [-0.2, 0) is 6.54 Å². The fourth-order valence-corrected chi connectivity index (χ4v) is 4.19. The second kappa shape index (κ2) is 10.2. The van der Waals surface area contributed by atoms with Gasteiger partial charge in [0.25, 0.3) is 11.5 Å². The number of likely N-dealkylation sites (tertiary alicyclic amines) is 1. The molecule has 1 saturated heterocycles. The Hall–Kier alpha value is -3.54. The van der Waals surface area contributed by atoms with E-state index in [9.17, 15) is 14.4 Å². The van der Waals surface area contributed by atoms with E-state index in [1.807, 2.05) is 60.7 Å². The van der Waals surface area contributed by atoms with Gasteiger partial charge in [0.1, 0.15) is 5.69 Å². The lowest BCUT2D eigenvalue weighted by atomic mass is 9.99. The van der Waals surface area contributed by atoms with Gasteiger partial charge in [0.05, 0.1) is 6.54 Å². The Morgan fingerprint density at radius 3 is 2.34 bits per heavy atom. The molecule has 2 aromatic carbocycles. The molecular formula is C26H27N3O3. The fraction of sp³-hybridized carbons (Fsp3) is 0.308. The summed E-state index contributed by atoms with van der Waals surface area (Å²) in [6.07, 6.45) is 3.98. The van der Waals surface area contributed by atoms with E-state index in [0.29, 0.717) is 25.1 Å². The van der Waals surface area contributed by atoms with E-state index < -0.39 is 0 Å². The monoisotopic (exact) mass is 429 g/mol. The van der Waals surface area contributed by atoms with Crippen LogP contribution in [0.4, 0.5) is 0 Å². The summed E-state index contributed by atoms with van der Waals surface area (Å²) in [6.45, 7) is 0.891.